The van der Waals surface area contributed by atoms with Crippen LogP contribution in [0, 0.1) is 5.41 Å². The van der Waals surface area contributed by atoms with Crippen LogP contribution in [-0.2, 0) is 23.1 Å². The minimum atomic E-state index is -3.77. The van der Waals surface area contributed by atoms with E-state index >= 15 is 0 Å². The minimum Gasteiger partial charge on any atom is -0.480 e. The molecule has 2 heterocycles. The summed E-state index contributed by atoms with van der Waals surface area (Å²) in [4.78, 5) is 12.3. The first kappa shape index (κ1) is 20.0. The summed E-state index contributed by atoms with van der Waals surface area (Å²) in [5.74, 6) is -1.57. The normalized spacial score (nSPS) is 19.2. The van der Waals surface area contributed by atoms with E-state index in [1.165, 1.54) is 6.26 Å². The van der Waals surface area contributed by atoms with E-state index < -0.39 is 26.0 Å². The highest BCUT2D eigenvalue weighted by Crippen LogP contribution is 2.64. The van der Waals surface area contributed by atoms with Crippen LogP contribution < -0.4 is 4.74 Å². The highest BCUT2D eigenvalue weighted by atomic mass is 35.5. The predicted octanol–water partition coefficient (Wildman–Crippen LogP) is 4.82. The molecule has 0 amide bonds. The van der Waals surface area contributed by atoms with Gasteiger partial charge in [-0.2, -0.15) is 0 Å². The lowest BCUT2D eigenvalue weighted by atomic mass is 9.97. The van der Waals surface area contributed by atoms with Gasteiger partial charge in [0.15, 0.2) is 12.4 Å². The molecule has 1 fully saturated rings. The lowest BCUT2D eigenvalue weighted by Crippen LogP contribution is -2.31. The lowest BCUT2D eigenvalue weighted by Gasteiger charge is -2.36. The molecule has 1 unspecified atom stereocenters. The van der Waals surface area contributed by atoms with Gasteiger partial charge in [-0.3, -0.25) is 4.57 Å². The van der Waals surface area contributed by atoms with Gasteiger partial charge in [-0.1, -0.05) is 37.6 Å². The summed E-state index contributed by atoms with van der Waals surface area (Å²) in [7, 11) is -3.77. The Morgan fingerprint density at radius 1 is 1.22 bits per heavy atom. The van der Waals surface area contributed by atoms with Crippen molar-refractivity contribution >= 4 is 25.2 Å². The molecule has 1 saturated heterocycles. The van der Waals surface area contributed by atoms with Crippen LogP contribution in [0.3, 0.4) is 0 Å². The molecule has 0 saturated carbocycles. The van der Waals surface area contributed by atoms with Crippen molar-refractivity contribution in [2.24, 2.45) is 5.41 Å². The number of furan rings is 1. The molecule has 0 spiro atoms. The topological polar surface area (TPSA) is 84.2 Å². The van der Waals surface area contributed by atoms with E-state index in [1.807, 2.05) is 13.8 Å². The Balaban J connectivity index is 1.70. The molecule has 146 valence electrons. The number of benzene rings is 1. The maximum Gasteiger partial charge on any atom is 0.378 e. The van der Waals surface area contributed by atoms with Crippen LogP contribution in [0.15, 0.2) is 47.1 Å². The molecule has 0 N–H and O–H groups in total. The fraction of sp³-hybridized carbons (Fsp3) is 0.389. The second kappa shape index (κ2) is 8.07. The summed E-state index contributed by atoms with van der Waals surface area (Å²) in [5.41, 5.74) is -0.293. The first-order valence-corrected chi connectivity index (χ1v) is 10.3. The van der Waals surface area contributed by atoms with E-state index in [0.717, 1.165) is 0 Å². The summed E-state index contributed by atoms with van der Waals surface area (Å²) in [6.45, 7) is 3.82. The van der Waals surface area contributed by atoms with Crippen molar-refractivity contribution in [3.05, 3.63) is 53.4 Å². The Morgan fingerprint density at radius 2 is 1.93 bits per heavy atom. The van der Waals surface area contributed by atoms with Crippen LogP contribution in [0.25, 0.3) is 0 Å². The van der Waals surface area contributed by atoms with Crippen LogP contribution in [0.5, 0.6) is 5.75 Å². The van der Waals surface area contributed by atoms with Gasteiger partial charge >= 0.3 is 13.6 Å². The molecular weight excluding hydrogens is 395 g/mol. The average molecular weight is 415 g/mol. The molecule has 1 aliphatic rings. The number of rotatable bonds is 6. The summed E-state index contributed by atoms with van der Waals surface area (Å²) >= 11 is 5.99. The second-order valence-electron chi connectivity index (χ2n) is 6.83. The summed E-state index contributed by atoms with van der Waals surface area (Å²) in [6, 6.07) is 9.86. The highest BCUT2D eigenvalue weighted by Gasteiger charge is 2.47. The minimum absolute atomic E-state index is 0.170. The first-order valence-electron chi connectivity index (χ1n) is 8.28. The van der Waals surface area contributed by atoms with E-state index in [4.69, 9.17) is 34.5 Å². The van der Waals surface area contributed by atoms with Crippen LogP contribution in [0.4, 0.5) is 0 Å². The van der Waals surface area contributed by atoms with Crippen LogP contribution in [-0.4, -0.2) is 25.8 Å². The maximum atomic E-state index is 13.1. The number of halogens is 1. The number of hydrogen-bond acceptors (Lipinski definition) is 7. The van der Waals surface area contributed by atoms with Crippen molar-refractivity contribution in [3.8, 4) is 5.75 Å². The summed E-state index contributed by atoms with van der Waals surface area (Å²) in [6.07, 6.45) is 1.39. The number of carbonyl (C=O) groups is 1. The van der Waals surface area contributed by atoms with Crippen molar-refractivity contribution in [2.45, 2.75) is 19.7 Å². The fourth-order valence-corrected chi connectivity index (χ4v) is 4.61. The molecule has 27 heavy (non-hydrogen) atoms. The summed E-state index contributed by atoms with van der Waals surface area (Å²) in [5, 5.41) is 0.363. The number of hydrogen-bond donors (Lipinski definition) is 0. The zero-order valence-electron chi connectivity index (χ0n) is 14.9. The SMILES string of the molecule is CC1(C)COP(=O)(C(OC(=O)COc2ccccc2Cl)c2ccco2)OC1. The first-order chi connectivity index (χ1) is 12.8. The van der Waals surface area contributed by atoms with Crippen molar-refractivity contribution in [1.29, 1.82) is 0 Å². The molecular formula is C18H20ClO7P. The third-order valence-electron chi connectivity index (χ3n) is 3.77. The Hall–Kier alpha value is -1.79. The third kappa shape index (κ3) is 4.93. The predicted molar refractivity (Wildman–Crippen MR) is 97.8 cm³/mol. The Morgan fingerprint density at radius 3 is 2.56 bits per heavy atom. The van der Waals surface area contributed by atoms with Gasteiger partial charge in [0, 0.05) is 5.41 Å². The van der Waals surface area contributed by atoms with E-state index in [9.17, 15) is 9.36 Å². The monoisotopic (exact) mass is 414 g/mol. The number of esters is 1. The Bertz CT molecular complexity index is 820. The maximum absolute atomic E-state index is 13.1. The van der Waals surface area contributed by atoms with E-state index in [2.05, 4.69) is 0 Å². The zero-order chi connectivity index (χ0) is 19.5. The molecule has 3 rings (SSSR count). The Kier molecular flexibility index (Phi) is 5.96. The molecule has 2 aromatic rings. The van der Waals surface area contributed by atoms with Gasteiger partial charge in [-0.05, 0) is 24.3 Å². The quantitative estimate of drug-likeness (QED) is 0.495. The largest absolute Gasteiger partial charge is 0.480 e. The molecule has 0 radical (unpaired) electrons. The smallest absolute Gasteiger partial charge is 0.378 e. The Labute approximate surface area is 162 Å². The molecule has 7 nitrogen and oxygen atoms in total. The van der Waals surface area contributed by atoms with Crippen molar-refractivity contribution < 1.29 is 32.3 Å². The van der Waals surface area contributed by atoms with Gasteiger partial charge in [0.05, 0.1) is 24.5 Å². The van der Waals surface area contributed by atoms with Gasteiger partial charge < -0.3 is 22.9 Å². The lowest BCUT2D eigenvalue weighted by molar-refractivity contribution is -0.150. The number of para-hydroxylation sites is 1. The molecule has 1 aromatic carbocycles. The van der Waals surface area contributed by atoms with Gasteiger partial charge in [0.1, 0.15) is 5.75 Å². The van der Waals surface area contributed by atoms with Crippen molar-refractivity contribution in [2.75, 3.05) is 19.8 Å². The average Bonchev–Trinajstić information content (AvgIpc) is 3.16. The van der Waals surface area contributed by atoms with Gasteiger partial charge in [-0.15, -0.1) is 0 Å². The van der Waals surface area contributed by atoms with Crippen molar-refractivity contribution in [3.63, 3.8) is 0 Å². The van der Waals surface area contributed by atoms with Gasteiger partial charge in [0.2, 0.25) is 0 Å². The standard InChI is InChI=1S/C18H20ClO7P/c1-18(2)11-24-27(21,25-12-18)17(15-8-5-9-22-15)26-16(20)10-23-14-7-4-3-6-13(14)19/h3-9,17H,10-12H2,1-2H3. The van der Waals surface area contributed by atoms with Gasteiger partial charge in [-0.25, -0.2) is 4.79 Å². The number of carbonyl (C=O) groups excluding carboxylic acids is 1. The summed E-state index contributed by atoms with van der Waals surface area (Å²) < 4.78 is 40.1. The van der Waals surface area contributed by atoms with Crippen LogP contribution in [0.2, 0.25) is 5.02 Å². The third-order valence-corrected chi connectivity index (χ3v) is 5.99. The molecule has 9 heteroatoms. The fourth-order valence-electron chi connectivity index (χ4n) is 2.31. The molecule has 1 aromatic heterocycles. The zero-order valence-corrected chi connectivity index (χ0v) is 16.6. The van der Waals surface area contributed by atoms with E-state index in [-0.39, 0.29) is 24.4 Å². The molecule has 1 aliphatic heterocycles. The molecule has 0 aliphatic carbocycles. The van der Waals surface area contributed by atoms with Crippen LogP contribution in [0.1, 0.15) is 25.5 Å². The van der Waals surface area contributed by atoms with Gasteiger partial charge in [0.25, 0.3) is 5.85 Å². The van der Waals surface area contributed by atoms with E-state index in [0.29, 0.717) is 10.8 Å². The molecule has 0 bridgehead atoms. The van der Waals surface area contributed by atoms with Crippen molar-refractivity contribution in [1.82, 2.24) is 0 Å². The number of ether oxygens (including phenoxy) is 2. The highest BCUT2D eigenvalue weighted by molar-refractivity contribution is 7.54. The van der Waals surface area contributed by atoms with E-state index in [1.54, 1.807) is 36.4 Å². The molecule has 1 atom stereocenters. The van der Waals surface area contributed by atoms with Crippen LogP contribution >= 0.6 is 19.2 Å². The second-order valence-corrected chi connectivity index (χ2v) is 9.30.